The number of allylic oxidation sites excluding steroid dienone is 4. The number of aliphatic hydroxyl groups excluding tert-OH is 3. The molecule has 4 aliphatic rings. The fourth-order valence-electron chi connectivity index (χ4n) is 7.56. The maximum absolute atomic E-state index is 11.1. The molecule has 1 aromatic rings. The van der Waals surface area contributed by atoms with E-state index in [-0.39, 0.29) is 10.8 Å². The maximum atomic E-state index is 11.1. The van der Waals surface area contributed by atoms with Crippen molar-refractivity contribution < 1.29 is 15.3 Å². The summed E-state index contributed by atoms with van der Waals surface area (Å²) in [6.07, 6.45) is 18.1. The molecule has 196 valence electrons. The molecule has 5 heteroatoms. The van der Waals surface area contributed by atoms with Crippen molar-refractivity contribution in [2.75, 3.05) is 0 Å². The summed E-state index contributed by atoms with van der Waals surface area (Å²) in [6, 6.07) is 0. The Hall–Kier alpha value is -1.53. The van der Waals surface area contributed by atoms with Crippen LogP contribution in [0, 0.1) is 30.1 Å². The summed E-state index contributed by atoms with van der Waals surface area (Å²) in [7, 11) is 0. The molecule has 1 aromatic heterocycles. The lowest BCUT2D eigenvalue weighted by Crippen LogP contribution is -2.35. The molecule has 0 aromatic carbocycles. The van der Waals surface area contributed by atoms with Gasteiger partial charge in [-0.15, -0.1) is 11.3 Å². The van der Waals surface area contributed by atoms with E-state index in [0.29, 0.717) is 30.6 Å². The molecule has 5 rings (SSSR count). The SMILES string of the molecule is C=C1/C(=C\C=C2/CCC[C@]3(C)[C@@H]([C@@H](C)/C=C/[C@H](O)C4(c5ncc(C)s5)CC4)CC[C@@H]23)C[C@@H](O)C[C@@H]1O. The van der Waals surface area contributed by atoms with Crippen LogP contribution in [0.15, 0.2) is 53.8 Å². The van der Waals surface area contributed by atoms with Gasteiger partial charge in [-0.2, -0.15) is 0 Å². The van der Waals surface area contributed by atoms with E-state index >= 15 is 0 Å². The molecule has 36 heavy (non-hydrogen) atoms. The van der Waals surface area contributed by atoms with Gasteiger partial charge in [0.15, 0.2) is 0 Å². The predicted molar refractivity (Wildman–Crippen MR) is 147 cm³/mol. The molecule has 4 saturated carbocycles. The Morgan fingerprint density at radius 2 is 1.94 bits per heavy atom. The van der Waals surface area contributed by atoms with Gasteiger partial charge in [0.1, 0.15) is 5.01 Å². The van der Waals surface area contributed by atoms with Gasteiger partial charge in [0.05, 0.1) is 23.7 Å². The number of hydrogen-bond donors (Lipinski definition) is 3. The van der Waals surface area contributed by atoms with Gasteiger partial charge in [-0.1, -0.05) is 50.3 Å². The zero-order valence-corrected chi connectivity index (χ0v) is 22.9. The molecule has 4 aliphatic carbocycles. The molecule has 0 unspecified atom stereocenters. The van der Waals surface area contributed by atoms with E-state index in [1.54, 1.807) is 11.3 Å². The second kappa shape index (κ2) is 9.98. The van der Waals surface area contributed by atoms with Crippen LogP contribution in [0.25, 0.3) is 0 Å². The van der Waals surface area contributed by atoms with Crippen molar-refractivity contribution in [3.8, 4) is 0 Å². The zero-order chi connectivity index (χ0) is 25.7. The maximum Gasteiger partial charge on any atom is 0.102 e. The topological polar surface area (TPSA) is 73.6 Å². The van der Waals surface area contributed by atoms with Crippen LogP contribution >= 0.6 is 11.3 Å². The highest BCUT2D eigenvalue weighted by Crippen LogP contribution is 2.60. The minimum Gasteiger partial charge on any atom is -0.393 e. The molecular formula is C31H43NO3S. The fourth-order valence-corrected chi connectivity index (χ4v) is 8.61. The Bertz CT molecular complexity index is 1080. The highest BCUT2D eigenvalue weighted by atomic mass is 32.1. The second-order valence-corrected chi connectivity index (χ2v) is 13.5. The van der Waals surface area contributed by atoms with Crippen LogP contribution in [-0.2, 0) is 5.41 Å². The van der Waals surface area contributed by atoms with E-state index in [4.69, 9.17) is 0 Å². The van der Waals surface area contributed by atoms with Crippen molar-refractivity contribution >= 4 is 11.3 Å². The van der Waals surface area contributed by atoms with Crippen molar-refractivity contribution in [2.45, 2.75) is 102 Å². The molecule has 1 heterocycles. The Labute approximate surface area is 220 Å². The van der Waals surface area contributed by atoms with Gasteiger partial charge >= 0.3 is 0 Å². The summed E-state index contributed by atoms with van der Waals surface area (Å²) in [6.45, 7) is 11.0. The number of rotatable bonds is 6. The average molecular weight is 510 g/mol. The van der Waals surface area contributed by atoms with Gasteiger partial charge in [0.2, 0.25) is 0 Å². The van der Waals surface area contributed by atoms with Gasteiger partial charge in [0.25, 0.3) is 0 Å². The molecule has 4 nitrogen and oxygen atoms in total. The lowest BCUT2D eigenvalue weighted by molar-refractivity contribution is 0.0862. The van der Waals surface area contributed by atoms with Gasteiger partial charge < -0.3 is 15.3 Å². The number of aliphatic hydroxyl groups is 3. The van der Waals surface area contributed by atoms with Gasteiger partial charge in [-0.25, -0.2) is 4.98 Å². The van der Waals surface area contributed by atoms with E-state index in [0.717, 1.165) is 35.4 Å². The smallest absolute Gasteiger partial charge is 0.102 e. The lowest BCUT2D eigenvalue weighted by Gasteiger charge is -2.44. The van der Waals surface area contributed by atoms with Crippen molar-refractivity contribution in [3.63, 3.8) is 0 Å². The predicted octanol–water partition coefficient (Wildman–Crippen LogP) is 6.18. The van der Waals surface area contributed by atoms with E-state index in [1.165, 1.54) is 36.1 Å². The lowest BCUT2D eigenvalue weighted by atomic mass is 9.61. The third-order valence-electron chi connectivity index (χ3n) is 9.94. The number of hydrogen-bond acceptors (Lipinski definition) is 5. The molecule has 0 aliphatic heterocycles. The van der Waals surface area contributed by atoms with E-state index in [1.807, 2.05) is 6.20 Å². The largest absolute Gasteiger partial charge is 0.393 e. The fraction of sp³-hybridized carbons (Fsp3) is 0.645. The van der Waals surface area contributed by atoms with Crippen molar-refractivity contribution in [1.82, 2.24) is 4.98 Å². The average Bonchev–Trinajstić information content (AvgIpc) is 3.41. The highest BCUT2D eigenvalue weighted by Gasteiger charge is 2.53. The zero-order valence-electron chi connectivity index (χ0n) is 22.1. The van der Waals surface area contributed by atoms with Crippen molar-refractivity contribution in [2.24, 2.45) is 23.2 Å². The van der Waals surface area contributed by atoms with E-state index in [9.17, 15) is 15.3 Å². The third-order valence-corrected chi connectivity index (χ3v) is 11.1. The molecule has 4 fully saturated rings. The van der Waals surface area contributed by atoms with Crippen LogP contribution in [-0.4, -0.2) is 38.6 Å². The first-order valence-corrected chi connectivity index (χ1v) is 14.7. The Morgan fingerprint density at radius 1 is 1.17 bits per heavy atom. The number of thiazole rings is 1. The summed E-state index contributed by atoms with van der Waals surface area (Å²) in [5.74, 6) is 1.60. The van der Waals surface area contributed by atoms with Gasteiger partial charge in [-0.05, 0) is 92.6 Å². The van der Waals surface area contributed by atoms with Crippen LogP contribution in [0.2, 0.25) is 0 Å². The van der Waals surface area contributed by atoms with Gasteiger partial charge in [-0.3, -0.25) is 0 Å². The van der Waals surface area contributed by atoms with Crippen molar-refractivity contribution in [1.29, 1.82) is 0 Å². The molecule has 0 amide bonds. The van der Waals surface area contributed by atoms with Crippen molar-refractivity contribution in [3.05, 3.63) is 63.7 Å². The Balaban J connectivity index is 1.29. The quantitative estimate of drug-likeness (QED) is 0.401. The first-order chi connectivity index (χ1) is 17.1. The van der Waals surface area contributed by atoms with Crippen LogP contribution in [0.3, 0.4) is 0 Å². The summed E-state index contributed by atoms with van der Waals surface area (Å²) in [5, 5.41) is 32.5. The number of nitrogens with zero attached hydrogens (tertiary/aromatic N) is 1. The summed E-state index contributed by atoms with van der Waals surface area (Å²) in [5.41, 5.74) is 3.39. The molecule has 0 spiro atoms. The Morgan fingerprint density at radius 3 is 2.64 bits per heavy atom. The standard InChI is InChI=1S/C31H43NO3S/c1-19(7-12-28(35)31(14-15-31)29-32-18-20(2)36-29)25-10-11-26-22(6-5-13-30(25,26)4)8-9-23-16-24(33)17-27(34)21(23)3/h7-9,12,18-19,24-28,33-35H,3,5-6,10-11,13-17H2,1-2,4H3/b12-7+,22-8+,23-9-/t19-,24+,25+,26-,27-,28-,30+/m0/s1. The Kier molecular flexibility index (Phi) is 7.23. The molecule has 0 radical (unpaired) electrons. The molecule has 0 saturated heterocycles. The van der Waals surface area contributed by atoms with E-state index in [2.05, 4.69) is 56.6 Å². The molecule has 7 atom stereocenters. The molecule has 3 N–H and O–H groups in total. The molecular weight excluding hydrogens is 466 g/mol. The van der Waals surface area contributed by atoms with Crippen LogP contribution in [0.4, 0.5) is 0 Å². The molecule has 0 bridgehead atoms. The number of aromatic nitrogens is 1. The van der Waals surface area contributed by atoms with Crippen LogP contribution in [0.1, 0.15) is 81.5 Å². The van der Waals surface area contributed by atoms with Gasteiger partial charge in [0, 0.05) is 17.5 Å². The monoisotopic (exact) mass is 509 g/mol. The second-order valence-electron chi connectivity index (χ2n) is 12.3. The summed E-state index contributed by atoms with van der Waals surface area (Å²) < 4.78 is 0. The normalized spacial score (nSPS) is 38.0. The summed E-state index contributed by atoms with van der Waals surface area (Å²) >= 11 is 1.73. The number of aryl methyl sites for hydroxylation is 1. The van der Waals surface area contributed by atoms with Crippen LogP contribution < -0.4 is 0 Å². The minimum atomic E-state index is -0.636. The first-order valence-electron chi connectivity index (χ1n) is 13.9. The number of fused-ring (bicyclic) bond motifs is 1. The van der Waals surface area contributed by atoms with Crippen LogP contribution in [0.5, 0.6) is 0 Å². The first kappa shape index (κ1) is 26.1. The summed E-state index contributed by atoms with van der Waals surface area (Å²) in [4.78, 5) is 5.80. The highest BCUT2D eigenvalue weighted by molar-refractivity contribution is 7.11. The minimum absolute atomic E-state index is 0.157. The van der Waals surface area contributed by atoms with E-state index < -0.39 is 18.3 Å². The third kappa shape index (κ3) is 4.73.